The van der Waals surface area contributed by atoms with Gasteiger partial charge in [-0.05, 0) is 51.6 Å². The molecule has 1 aliphatic rings. The molecule has 0 saturated carbocycles. The van der Waals surface area contributed by atoms with Gasteiger partial charge in [0, 0.05) is 37.6 Å². The fourth-order valence-electron chi connectivity index (χ4n) is 5.14. The summed E-state index contributed by atoms with van der Waals surface area (Å²) in [4.78, 5) is 82.7. The summed E-state index contributed by atoms with van der Waals surface area (Å²) >= 11 is 1.24. The molecule has 2 amide bonds. The second kappa shape index (κ2) is 23.4. The van der Waals surface area contributed by atoms with Crippen molar-refractivity contribution in [2.45, 2.75) is 89.8 Å². The highest BCUT2D eigenvalue weighted by molar-refractivity contribution is 8.00. The summed E-state index contributed by atoms with van der Waals surface area (Å²) in [6.45, 7) is 4.68. The molecule has 15 heteroatoms. The summed E-state index contributed by atoms with van der Waals surface area (Å²) in [6, 6.07) is -1.97. The van der Waals surface area contributed by atoms with E-state index in [-0.39, 0.29) is 85.0 Å². The minimum absolute atomic E-state index is 0.0235. The number of thioether (sulfide) groups is 1. The first-order valence-corrected chi connectivity index (χ1v) is 17.4. The van der Waals surface area contributed by atoms with Crippen molar-refractivity contribution >= 4 is 53.2 Å². The number of guanidine groups is 1. The Morgan fingerprint density at radius 1 is 1.11 bits per heavy atom. The molecule has 1 fully saturated rings. The predicted molar refractivity (Wildman–Crippen MR) is 181 cm³/mol. The van der Waals surface area contributed by atoms with Crippen LogP contribution in [0.2, 0.25) is 0 Å². The lowest BCUT2D eigenvalue weighted by atomic mass is 9.87. The fraction of sp³-hybridized carbons (Fsp3) is 0.774. The number of rotatable bonds is 15. The average Bonchev–Trinajstić information content (AvgIpc) is 3.01. The lowest BCUT2D eigenvalue weighted by Gasteiger charge is -2.26. The van der Waals surface area contributed by atoms with E-state index in [1.807, 2.05) is 13.8 Å². The van der Waals surface area contributed by atoms with Crippen LogP contribution in [0, 0.1) is 11.8 Å². The number of hydrogen-bond acceptors (Lipinski definition) is 11. The van der Waals surface area contributed by atoms with Crippen LogP contribution in [0.4, 0.5) is 0 Å². The molecular formula is C31H56N8O6S. The zero-order chi connectivity index (χ0) is 34.5. The van der Waals surface area contributed by atoms with Gasteiger partial charge in [0.25, 0.3) is 0 Å². The second-order valence-corrected chi connectivity index (χ2v) is 13.0. The van der Waals surface area contributed by atoms with Crippen LogP contribution in [0.1, 0.15) is 71.6 Å². The molecule has 0 bridgehead atoms. The van der Waals surface area contributed by atoms with Gasteiger partial charge in [0.2, 0.25) is 11.8 Å². The van der Waals surface area contributed by atoms with E-state index in [9.17, 15) is 28.8 Å². The van der Waals surface area contributed by atoms with Crippen molar-refractivity contribution in [1.82, 2.24) is 20.9 Å². The van der Waals surface area contributed by atoms with Crippen molar-refractivity contribution < 1.29 is 28.8 Å². The van der Waals surface area contributed by atoms with Gasteiger partial charge in [0.15, 0.2) is 17.5 Å². The Labute approximate surface area is 277 Å². The Morgan fingerprint density at radius 3 is 2.50 bits per heavy atom. The molecule has 1 saturated heterocycles. The molecule has 0 aromatic carbocycles. The topological polar surface area (TPSA) is 232 Å². The second-order valence-electron chi connectivity index (χ2n) is 12.0. The molecule has 46 heavy (non-hydrogen) atoms. The van der Waals surface area contributed by atoms with Gasteiger partial charge in [-0.25, -0.2) is 0 Å². The SMILES string of the molecule is CC[C@H](C)[C@@H]1NC(=O)CCNC(=O)CSC[C@@H](C(=O)CN(C)[C@H](C=O)CCCN=C(N)N)NCC(=O)[C@H](CCCCN)CCC1=O. The number of nitrogens with one attached hydrogen (secondary N) is 3. The van der Waals surface area contributed by atoms with E-state index in [0.29, 0.717) is 45.2 Å². The first kappa shape index (κ1) is 41.1. The summed E-state index contributed by atoms with van der Waals surface area (Å²) in [7, 11) is 1.68. The van der Waals surface area contributed by atoms with Gasteiger partial charge >= 0.3 is 0 Å². The Morgan fingerprint density at radius 2 is 1.85 bits per heavy atom. The largest absolute Gasteiger partial charge is 0.370 e. The van der Waals surface area contributed by atoms with Crippen LogP contribution < -0.4 is 33.2 Å². The molecule has 0 aromatic heterocycles. The van der Waals surface area contributed by atoms with Gasteiger partial charge in [-0.1, -0.05) is 26.7 Å². The molecule has 1 rings (SSSR count). The molecule has 0 radical (unpaired) electrons. The van der Waals surface area contributed by atoms with E-state index < -0.39 is 24.0 Å². The first-order valence-electron chi connectivity index (χ1n) is 16.3. The Bertz CT molecular complexity index is 1020. The lowest BCUT2D eigenvalue weighted by Crippen LogP contribution is -2.48. The van der Waals surface area contributed by atoms with Crippen LogP contribution in [-0.4, -0.2) is 116 Å². The highest BCUT2D eigenvalue weighted by Crippen LogP contribution is 2.20. The van der Waals surface area contributed by atoms with Crippen LogP contribution in [0.15, 0.2) is 4.99 Å². The highest BCUT2D eigenvalue weighted by Gasteiger charge is 2.29. The van der Waals surface area contributed by atoms with Crippen LogP contribution in [0.3, 0.4) is 0 Å². The molecule has 1 heterocycles. The molecule has 9 N–H and O–H groups in total. The molecule has 5 atom stereocenters. The summed E-state index contributed by atoms with van der Waals surface area (Å²) in [6.07, 6.45) is 4.98. The van der Waals surface area contributed by atoms with Gasteiger partial charge in [0.05, 0.1) is 37.0 Å². The molecule has 14 nitrogen and oxygen atoms in total. The molecule has 0 aliphatic carbocycles. The summed E-state index contributed by atoms with van der Waals surface area (Å²) in [5.74, 6) is -1.37. The van der Waals surface area contributed by atoms with E-state index >= 15 is 0 Å². The normalized spacial score (nSPS) is 22.6. The van der Waals surface area contributed by atoms with E-state index in [1.165, 1.54) is 11.8 Å². The Hall–Kier alpha value is -2.88. The molecular weight excluding hydrogens is 612 g/mol. The third-order valence-electron chi connectivity index (χ3n) is 8.26. The number of likely N-dealkylation sites (N-methyl/N-ethyl adjacent to an activating group) is 1. The van der Waals surface area contributed by atoms with Crippen molar-refractivity contribution in [2.24, 2.45) is 34.0 Å². The highest BCUT2D eigenvalue weighted by atomic mass is 32.2. The molecule has 262 valence electrons. The van der Waals surface area contributed by atoms with E-state index in [1.54, 1.807) is 11.9 Å². The zero-order valence-corrected chi connectivity index (χ0v) is 28.6. The van der Waals surface area contributed by atoms with Crippen LogP contribution in [0.5, 0.6) is 0 Å². The number of carbonyl (C=O) groups excluding carboxylic acids is 6. The number of carbonyl (C=O) groups is 6. The van der Waals surface area contributed by atoms with Crippen molar-refractivity contribution in [3.8, 4) is 0 Å². The van der Waals surface area contributed by atoms with Gasteiger partial charge < -0.3 is 32.6 Å². The van der Waals surface area contributed by atoms with Crippen molar-refractivity contribution in [3.05, 3.63) is 0 Å². The number of nitrogens with zero attached hydrogens (tertiary/aromatic N) is 2. The van der Waals surface area contributed by atoms with Crippen LogP contribution in [0.25, 0.3) is 0 Å². The average molecular weight is 669 g/mol. The van der Waals surface area contributed by atoms with Crippen molar-refractivity contribution in [2.75, 3.05) is 51.3 Å². The van der Waals surface area contributed by atoms with Gasteiger partial charge in [-0.15, -0.1) is 11.8 Å². The number of aldehydes is 1. The van der Waals surface area contributed by atoms with Crippen LogP contribution >= 0.6 is 11.8 Å². The summed E-state index contributed by atoms with van der Waals surface area (Å²) in [5.41, 5.74) is 16.4. The molecule has 1 aliphatic heterocycles. The number of Topliss-reactive ketones (excluding diaryl/α,β-unsaturated/α-hetero) is 3. The monoisotopic (exact) mass is 668 g/mol. The fourth-order valence-corrected chi connectivity index (χ4v) is 6.08. The smallest absolute Gasteiger partial charge is 0.230 e. The van der Waals surface area contributed by atoms with E-state index in [4.69, 9.17) is 17.2 Å². The summed E-state index contributed by atoms with van der Waals surface area (Å²) < 4.78 is 0. The zero-order valence-electron chi connectivity index (χ0n) is 27.8. The quantitative estimate of drug-likeness (QED) is 0.0562. The molecule has 0 spiro atoms. The number of ketones is 3. The summed E-state index contributed by atoms with van der Waals surface area (Å²) in [5, 5.41) is 8.66. The maximum Gasteiger partial charge on any atom is 0.230 e. The first-order chi connectivity index (χ1) is 21.9. The van der Waals surface area contributed by atoms with Crippen molar-refractivity contribution in [3.63, 3.8) is 0 Å². The maximum absolute atomic E-state index is 13.5. The van der Waals surface area contributed by atoms with Gasteiger partial charge in [-0.3, -0.25) is 39.2 Å². The van der Waals surface area contributed by atoms with E-state index in [0.717, 1.165) is 19.1 Å². The minimum Gasteiger partial charge on any atom is -0.370 e. The number of hydrogen-bond donors (Lipinski definition) is 6. The Kier molecular flexibility index (Phi) is 21.0. The van der Waals surface area contributed by atoms with E-state index in [2.05, 4.69) is 20.9 Å². The van der Waals surface area contributed by atoms with Gasteiger partial charge in [0.1, 0.15) is 12.1 Å². The number of amides is 2. The minimum atomic E-state index is -0.760. The van der Waals surface area contributed by atoms with Crippen molar-refractivity contribution in [1.29, 1.82) is 0 Å². The molecule has 0 aromatic rings. The number of aliphatic imine (C=N–C) groups is 1. The maximum atomic E-state index is 13.5. The molecule has 0 unspecified atom stereocenters. The third-order valence-corrected chi connectivity index (χ3v) is 9.30. The number of unbranched alkanes of at least 4 members (excludes halogenated alkanes) is 1. The van der Waals surface area contributed by atoms with Crippen LogP contribution in [-0.2, 0) is 28.8 Å². The number of nitrogens with two attached hydrogens (primary N) is 3. The van der Waals surface area contributed by atoms with Gasteiger partial charge in [-0.2, -0.15) is 0 Å². The standard InChI is InChI=1S/C31H56N8O6S/c1-4-21(2)30-25(41)11-10-22(8-5-6-13-32)26(42)16-37-24(19-46-20-29(45)35-15-12-28(44)38-30)27(43)17-39(3)23(18-40)9-7-14-36-31(33)34/h18,21-24,30,37H,4-17,19-20,32H2,1-3H3,(H,35,45)(H,38,44)(H4,33,34,36)/t21-,22+,23-,24-,30-/m0/s1. The predicted octanol–water partition coefficient (Wildman–Crippen LogP) is -0.486. The Balaban J connectivity index is 3.11. The lowest BCUT2D eigenvalue weighted by molar-refractivity contribution is -0.130. The third kappa shape index (κ3) is 16.6.